The summed E-state index contributed by atoms with van der Waals surface area (Å²) in [5, 5.41) is 3.87. The quantitative estimate of drug-likeness (QED) is 0.537. The highest BCUT2D eigenvalue weighted by atomic mass is 32.2. The van der Waals surface area contributed by atoms with Crippen molar-refractivity contribution in [3.8, 4) is 5.75 Å². The van der Waals surface area contributed by atoms with Gasteiger partial charge in [-0.15, -0.1) is 0 Å². The molecule has 9 heteroatoms. The van der Waals surface area contributed by atoms with E-state index in [-0.39, 0.29) is 10.5 Å². The maximum atomic E-state index is 12.7. The molecule has 1 N–H and O–H groups in total. The molecule has 0 saturated carbocycles. The maximum Gasteiger partial charge on any atom is 0.271 e. The molecule has 30 heavy (non-hydrogen) atoms. The second kappa shape index (κ2) is 10.1. The van der Waals surface area contributed by atoms with Crippen molar-refractivity contribution in [1.29, 1.82) is 0 Å². The number of carbonyl (C=O) groups excluding carboxylic acids is 1. The SMILES string of the molecule is COc1ccccc1/C=C/C=N\NC(=O)c1cccc(S(=O)(=O)N2CCOCC2)c1. The molecule has 0 spiro atoms. The normalized spacial score (nSPS) is 15.5. The van der Waals surface area contributed by atoms with Gasteiger partial charge in [-0.05, 0) is 36.4 Å². The summed E-state index contributed by atoms with van der Waals surface area (Å²) >= 11 is 0. The van der Waals surface area contributed by atoms with Crippen LogP contribution < -0.4 is 10.2 Å². The van der Waals surface area contributed by atoms with Crippen LogP contribution in [0.2, 0.25) is 0 Å². The Balaban J connectivity index is 1.64. The number of methoxy groups -OCH3 is 1. The first kappa shape index (κ1) is 21.7. The number of ether oxygens (including phenoxy) is 2. The van der Waals surface area contributed by atoms with Gasteiger partial charge < -0.3 is 9.47 Å². The van der Waals surface area contributed by atoms with Gasteiger partial charge >= 0.3 is 0 Å². The fourth-order valence-corrected chi connectivity index (χ4v) is 4.34. The molecule has 0 bridgehead atoms. The molecule has 158 valence electrons. The van der Waals surface area contributed by atoms with Gasteiger partial charge in [-0.1, -0.05) is 24.3 Å². The van der Waals surface area contributed by atoms with Crippen molar-refractivity contribution in [2.24, 2.45) is 5.10 Å². The summed E-state index contributed by atoms with van der Waals surface area (Å²) in [6.45, 7) is 1.30. The Labute approximate surface area is 175 Å². The standard InChI is InChI=1S/C21H23N3O5S/c1-28-20-10-3-2-6-17(20)8-5-11-22-23-21(25)18-7-4-9-19(16-18)30(26,27)24-12-14-29-15-13-24/h2-11,16H,12-15H2,1H3,(H,23,25)/b8-5+,22-11-. The summed E-state index contributed by atoms with van der Waals surface area (Å²) in [6, 6.07) is 13.4. The zero-order chi connectivity index (χ0) is 21.4. The number of nitrogens with one attached hydrogen (secondary N) is 1. The van der Waals surface area contributed by atoms with E-state index < -0.39 is 15.9 Å². The van der Waals surface area contributed by atoms with Crippen LogP contribution in [-0.4, -0.2) is 58.3 Å². The molecule has 1 heterocycles. The third-order valence-electron chi connectivity index (χ3n) is 4.45. The maximum absolute atomic E-state index is 12.7. The van der Waals surface area contributed by atoms with E-state index in [4.69, 9.17) is 9.47 Å². The van der Waals surface area contributed by atoms with E-state index in [0.29, 0.717) is 26.3 Å². The first-order valence-electron chi connectivity index (χ1n) is 9.33. The van der Waals surface area contributed by atoms with E-state index in [0.717, 1.165) is 11.3 Å². The monoisotopic (exact) mass is 429 g/mol. The van der Waals surface area contributed by atoms with Crippen LogP contribution in [0.25, 0.3) is 6.08 Å². The Morgan fingerprint density at radius 3 is 2.70 bits per heavy atom. The predicted molar refractivity (Wildman–Crippen MR) is 114 cm³/mol. The summed E-state index contributed by atoms with van der Waals surface area (Å²) in [7, 11) is -2.08. The van der Waals surface area contributed by atoms with E-state index in [1.807, 2.05) is 24.3 Å². The number of para-hydroxylation sites is 1. The summed E-state index contributed by atoms with van der Waals surface area (Å²) in [5.74, 6) is 0.223. The molecule has 1 fully saturated rings. The zero-order valence-corrected chi connectivity index (χ0v) is 17.3. The minimum absolute atomic E-state index is 0.0668. The van der Waals surface area contributed by atoms with Gasteiger partial charge in [0.1, 0.15) is 5.75 Å². The molecule has 0 aromatic heterocycles. The number of morpholine rings is 1. The minimum Gasteiger partial charge on any atom is -0.496 e. The van der Waals surface area contributed by atoms with Crippen LogP contribution >= 0.6 is 0 Å². The van der Waals surface area contributed by atoms with Crippen molar-refractivity contribution in [3.05, 3.63) is 65.7 Å². The van der Waals surface area contributed by atoms with Crippen molar-refractivity contribution in [2.45, 2.75) is 4.90 Å². The fourth-order valence-electron chi connectivity index (χ4n) is 2.89. The summed E-state index contributed by atoms with van der Waals surface area (Å²) in [5.41, 5.74) is 3.47. The lowest BCUT2D eigenvalue weighted by molar-refractivity contribution is 0.0730. The summed E-state index contributed by atoms with van der Waals surface area (Å²) in [6.07, 6.45) is 4.89. The molecule has 0 radical (unpaired) electrons. The number of rotatable bonds is 7. The van der Waals surface area contributed by atoms with Crippen molar-refractivity contribution in [2.75, 3.05) is 33.4 Å². The van der Waals surface area contributed by atoms with Crippen molar-refractivity contribution >= 4 is 28.2 Å². The van der Waals surface area contributed by atoms with Gasteiger partial charge in [0.15, 0.2) is 0 Å². The van der Waals surface area contributed by atoms with Crippen LogP contribution in [0.1, 0.15) is 15.9 Å². The van der Waals surface area contributed by atoms with Crippen LogP contribution in [0.15, 0.2) is 64.6 Å². The Morgan fingerprint density at radius 1 is 1.17 bits per heavy atom. The van der Waals surface area contributed by atoms with Gasteiger partial charge in [-0.25, -0.2) is 13.8 Å². The summed E-state index contributed by atoms with van der Waals surface area (Å²) < 4.78 is 37.3. The van der Waals surface area contributed by atoms with E-state index in [9.17, 15) is 13.2 Å². The number of hydrazone groups is 1. The van der Waals surface area contributed by atoms with Gasteiger partial charge in [-0.3, -0.25) is 4.79 Å². The van der Waals surface area contributed by atoms with Gasteiger partial charge in [0.05, 0.1) is 25.2 Å². The Morgan fingerprint density at radius 2 is 1.93 bits per heavy atom. The van der Waals surface area contributed by atoms with E-state index >= 15 is 0 Å². The van der Waals surface area contributed by atoms with Crippen LogP contribution in [0.5, 0.6) is 5.75 Å². The van der Waals surface area contributed by atoms with Gasteiger partial charge in [0.2, 0.25) is 10.0 Å². The van der Waals surface area contributed by atoms with Crippen molar-refractivity contribution < 1.29 is 22.7 Å². The number of sulfonamides is 1. The third-order valence-corrected chi connectivity index (χ3v) is 6.34. The van der Waals surface area contributed by atoms with Crippen molar-refractivity contribution in [1.82, 2.24) is 9.73 Å². The highest BCUT2D eigenvalue weighted by molar-refractivity contribution is 7.89. The van der Waals surface area contributed by atoms with Crippen molar-refractivity contribution in [3.63, 3.8) is 0 Å². The number of hydrogen-bond acceptors (Lipinski definition) is 6. The largest absolute Gasteiger partial charge is 0.496 e. The Hall–Kier alpha value is -3.01. The molecule has 0 unspecified atom stereocenters. The second-order valence-corrected chi connectivity index (χ2v) is 8.30. The molecule has 0 atom stereocenters. The Kier molecular flexibility index (Phi) is 7.34. The minimum atomic E-state index is -3.67. The molecule has 8 nitrogen and oxygen atoms in total. The number of hydrogen-bond donors (Lipinski definition) is 1. The van der Waals surface area contributed by atoms with E-state index in [2.05, 4.69) is 10.5 Å². The predicted octanol–water partition coefficient (Wildman–Crippen LogP) is 2.15. The van der Waals surface area contributed by atoms with Crippen LogP contribution in [0.4, 0.5) is 0 Å². The fraction of sp³-hybridized carbons (Fsp3) is 0.238. The number of amides is 1. The molecule has 3 rings (SSSR count). The topological polar surface area (TPSA) is 97.3 Å². The van der Waals surface area contributed by atoms with E-state index in [1.54, 1.807) is 19.3 Å². The lowest BCUT2D eigenvalue weighted by Gasteiger charge is -2.26. The molecule has 1 aliphatic heterocycles. The molecule has 1 saturated heterocycles. The molecule has 1 aliphatic rings. The highest BCUT2D eigenvalue weighted by Gasteiger charge is 2.26. The number of benzene rings is 2. The smallest absolute Gasteiger partial charge is 0.271 e. The van der Waals surface area contributed by atoms with Crippen LogP contribution in [0.3, 0.4) is 0 Å². The number of allylic oxidation sites excluding steroid dienone is 1. The van der Waals surface area contributed by atoms with Crippen LogP contribution in [-0.2, 0) is 14.8 Å². The highest BCUT2D eigenvalue weighted by Crippen LogP contribution is 2.19. The zero-order valence-electron chi connectivity index (χ0n) is 16.5. The first-order chi connectivity index (χ1) is 14.5. The van der Waals surface area contributed by atoms with Gasteiger partial charge in [0.25, 0.3) is 5.91 Å². The lowest BCUT2D eigenvalue weighted by atomic mass is 10.2. The average Bonchev–Trinajstić information content (AvgIpc) is 2.79. The Bertz CT molecular complexity index is 1040. The summed E-state index contributed by atoms with van der Waals surface area (Å²) in [4.78, 5) is 12.4. The number of carbonyl (C=O) groups is 1. The molecule has 2 aromatic rings. The lowest BCUT2D eigenvalue weighted by Crippen LogP contribution is -2.40. The molecule has 1 amide bonds. The molecular formula is C21H23N3O5S. The van der Waals surface area contributed by atoms with Crippen LogP contribution in [0, 0.1) is 0 Å². The van der Waals surface area contributed by atoms with Gasteiger partial charge in [0, 0.05) is 30.4 Å². The number of nitrogens with zero attached hydrogens (tertiary/aromatic N) is 2. The van der Waals surface area contributed by atoms with E-state index in [1.165, 1.54) is 34.8 Å². The van der Waals surface area contributed by atoms with Gasteiger partial charge in [-0.2, -0.15) is 9.41 Å². The first-order valence-corrected chi connectivity index (χ1v) is 10.8. The average molecular weight is 429 g/mol. The molecular weight excluding hydrogens is 406 g/mol. The molecule has 0 aliphatic carbocycles. The second-order valence-electron chi connectivity index (χ2n) is 6.36. The third kappa shape index (κ3) is 5.32. The molecule has 2 aromatic carbocycles.